The zero-order valence-electron chi connectivity index (χ0n) is 12.7. The molecule has 2 N–H and O–H groups in total. The summed E-state index contributed by atoms with van der Waals surface area (Å²) >= 11 is 0. The van der Waals surface area contributed by atoms with Gasteiger partial charge in [0.25, 0.3) is 11.4 Å². The second-order valence-electron chi connectivity index (χ2n) is 5.04. The minimum atomic E-state index is -0.435. The van der Waals surface area contributed by atoms with Crippen molar-refractivity contribution in [1.82, 2.24) is 0 Å². The molecule has 0 amide bonds. The largest absolute Gasteiger partial charge is 0.368 e. The molecule has 0 bridgehead atoms. The average Bonchev–Trinajstić information content (AvgIpc) is 2.49. The Morgan fingerprint density at radius 2 is 1.22 bits per heavy atom. The fourth-order valence-electron chi connectivity index (χ4n) is 2.15. The van der Waals surface area contributed by atoms with Gasteiger partial charge in [0.1, 0.15) is 0 Å². The van der Waals surface area contributed by atoms with E-state index in [1.165, 1.54) is 24.3 Å². The zero-order chi connectivity index (χ0) is 17.0. The molecule has 8 nitrogen and oxygen atoms in total. The van der Waals surface area contributed by atoms with Crippen LogP contribution in [-0.2, 0) is 0 Å². The molecule has 0 atom stereocenters. The summed E-state index contributed by atoms with van der Waals surface area (Å²) in [5.41, 5.74) is 3.19. The number of nitrogens with zero attached hydrogens (tertiary/aromatic N) is 2. The molecule has 0 spiro atoms. The highest BCUT2D eigenvalue weighted by molar-refractivity contribution is 5.58. The summed E-state index contributed by atoms with van der Waals surface area (Å²) in [7, 11) is 0. The second kappa shape index (κ2) is 6.73. The highest BCUT2D eigenvalue weighted by Crippen LogP contribution is 2.23. The lowest BCUT2D eigenvalue weighted by Gasteiger charge is -2.13. The molecule has 0 aliphatic heterocycles. The lowest BCUT2D eigenvalue weighted by molar-refractivity contribution is -0.385. The molecule has 23 heavy (non-hydrogen) atoms. The zero-order valence-corrected chi connectivity index (χ0v) is 12.7. The Balaban J connectivity index is 2.00. The molecule has 0 aliphatic carbocycles. The van der Waals surface area contributed by atoms with Gasteiger partial charge in [-0.15, -0.1) is 0 Å². The molecule has 0 heterocycles. The van der Waals surface area contributed by atoms with Crippen molar-refractivity contribution in [2.45, 2.75) is 13.8 Å². The molecule has 0 aliphatic rings. The topological polar surface area (TPSA) is 110 Å². The van der Waals surface area contributed by atoms with Gasteiger partial charge >= 0.3 is 0 Å². The lowest BCUT2D eigenvalue weighted by Crippen LogP contribution is -2.13. The first-order chi connectivity index (χ1) is 10.9. The van der Waals surface area contributed by atoms with E-state index in [1.807, 2.05) is 0 Å². The number of hydrogen-bond acceptors (Lipinski definition) is 6. The lowest BCUT2D eigenvalue weighted by atomic mass is 10.1. The van der Waals surface area contributed by atoms with E-state index in [0.717, 1.165) is 22.5 Å². The van der Waals surface area contributed by atoms with E-state index in [0.29, 0.717) is 6.67 Å². The average molecular weight is 316 g/mol. The number of nitro groups is 2. The normalized spacial score (nSPS) is 10.2. The van der Waals surface area contributed by atoms with Crippen molar-refractivity contribution < 1.29 is 9.85 Å². The number of nitro benzene ring substituents is 2. The molecule has 0 radical (unpaired) electrons. The van der Waals surface area contributed by atoms with Crippen LogP contribution in [0, 0.1) is 34.1 Å². The highest BCUT2D eigenvalue weighted by Gasteiger charge is 2.09. The van der Waals surface area contributed by atoms with Crippen LogP contribution < -0.4 is 10.6 Å². The first-order valence-corrected chi connectivity index (χ1v) is 6.86. The third-order valence-electron chi connectivity index (χ3n) is 3.40. The van der Waals surface area contributed by atoms with Gasteiger partial charge < -0.3 is 10.6 Å². The fourth-order valence-corrected chi connectivity index (χ4v) is 2.15. The van der Waals surface area contributed by atoms with E-state index >= 15 is 0 Å². The molecule has 0 saturated heterocycles. The monoisotopic (exact) mass is 316 g/mol. The van der Waals surface area contributed by atoms with E-state index in [1.54, 1.807) is 26.0 Å². The smallest absolute Gasteiger partial charge is 0.269 e. The van der Waals surface area contributed by atoms with Gasteiger partial charge in [0, 0.05) is 35.6 Å². The Bertz CT molecular complexity index is 698. The minimum absolute atomic E-state index is 0.0484. The van der Waals surface area contributed by atoms with Gasteiger partial charge in [0.05, 0.1) is 16.5 Å². The van der Waals surface area contributed by atoms with Crippen LogP contribution in [0.25, 0.3) is 0 Å². The van der Waals surface area contributed by atoms with E-state index in [2.05, 4.69) is 10.6 Å². The van der Waals surface area contributed by atoms with Gasteiger partial charge in [0.2, 0.25) is 0 Å². The molecular weight excluding hydrogens is 300 g/mol. The first kappa shape index (κ1) is 16.2. The van der Waals surface area contributed by atoms with Crippen molar-refractivity contribution >= 4 is 22.7 Å². The molecule has 120 valence electrons. The fraction of sp³-hybridized carbons (Fsp3) is 0.200. The van der Waals surface area contributed by atoms with Crippen molar-refractivity contribution in [1.29, 1.82) is 0 Å². The van der Waals surface area contributed by atoms with Crippen LogP contribution in [0.4, 0.5) is 22.7 Å². The molecule has 0 saturated carbocycles. The Morgan fingerprint density at radius 3 is 1.52 bits per heavy atom. The number of rotatable bonds is 6. The van der Waals surface area contributed by atoms with Crippen LogP contribution in [-0.4, -0.2) is 16.5 Å². The van der Waals surface area contributed by atoms with Gasteiger partial charge in [-0.25, -0.2) is 0 Å². The molecule has 0 unspecified atom stereocenters. The summed E-state index contributed by atoms with van der Waals surface area (Å²) in [5, 5.41) is 27.7. The maximum absolute atomic E-state index is 10.7. The van der Waals surface area contributed by atoms with Crippen molar-refractivity contribution in [3.8, 4) is 0 Å². The van der Waals surface area contributed by atoms with Crippen LogP contribution in [0.2, 0.25) is 0 Å². The molecule has 2 aromatic carbocycles. The van der Waals surface area contributed by atoms with Crippen LogP contribution in [0.1, 0.15) is 11.1 Å². The van der Waals surface area contributed by atoms with E-state index in [-0.39, 0.29) is 11.4 Å². The van der Waals surface area contributed by atoms with Gasteiger partial charge in [-0.1, -0.05) is 0 Å². The molecule has 8 heteroatoms. The van der Waals surface area contributed by atoms with Gasteiger partial charge in [-0.2, -0.15) is 0 Å². The Labute approximate surface area is 132 Å². The predicted octanol–water partition coefficient (Wildman–Crippen LogP) is 3.60. The van der Waals surface area contributed by atoms with Crippen molar-refractivity contribution in [2.24, 2.45) is 0 Å². The minimum Gasteiger partial charge on any atom is -0.368 e. The van der Waals surface area contributed by atoms with E-state index in [4.69, 9.17) is 0 Å². The molecular formula is C15H16N4O4. The Kier molecular flexibility index (Phi) is 4.75. The Hall–Kier alpha value is -3.16. The van der Waals surface area contributed by atoms with Crippen molar-refractivity contribution in [2.75, 3.05) is 17.3 Å². The third kappa shape index (κ3) is 3.94. The van der Waals surface area contributed by atoms with Gasteiger partial charge in [-0.05, 0) is 37.1 Å². The number of non-ortho nitro benzene ring substituents is 2. The summed E-state index contributed by atoms with van der Waals surface area (Å²) in [6, 6.07) is 9.17. The van der Waals surface area contributed by atoms with Gasteiger partial charge in [0.15, 0.2) is 0 Å². The number of hydrogen-bond donors (Lipinski definition) is 2. The number of benzene rings is 2. The van der Waals surface area contributed by atoms with Crippen LogP contribution in [0.15, 0.2) is 36.4 Å². The highest BCUT2D eigenvalue weighted by atomic mass is 16.6. The number of aryl methyl sites for hydroxylation is 2. The van der Waals surface area contributed by atoms with Crippen LogP contribution in [0.3, 0.4) is 0 Å². The van der Waals surface area contributed by atoms with E-state index < -0.39 is 9.85 Å². The molecule has 0 fully saturated rings. The Morgan fingerprint density at radius 1 is 0.826 bits per heavy atom. The quantitative estimate of drug-likeness (QED) is 0.478. The number of anilines is 2. The van der Waals surface area contributed by atoms with Crippen molar-refractivity contribution in [3.63, 3.8) is 0 Å². The summed E-state index contributed by atoms with van der Waals surface area (Å²) in [5.74, 6) is 0. The standard InChI is InChI=1S/C15H16N4O4/c1-10-7-12(18(20)21)3-5-14(10)16-9-17-15-6-4-13(19(22)23)8-11(15)2/h3-8,16-17H,9H2,1-2H3. The van der Waals surface area contributed by atoms with Crippen molar-refractivity contribution in [3.05, 3.63) is 67.8 Å². The number of nitrogens with one attached hydrogen (secondary N) is 2. The molecule has 0 aromatic heterocycles. The summed E-state index contributed by atoms with van der Waals surface area (Å²) in [6.45, 7) is 3.95. The van der Waals surface area contributed by atoms with Gasteiger partial charge in [-0.3, -0.25) is 20.2 Å². The predicted molar refractivity (Wildman–Crippen MR) is 87.8 cm³/mol. The summed E-state index contributed by atoms with van der Waals surface area (Å²) in [4.78, 5) is 20.5. The van der Waals surface area contributed by atoms with Crippen LogP contribution in [0.5, 0.6) is 0 Å². The summed E-state index contributed by atoms with van der Waals surface area (Å²) in [6.07, 6.45) is 0. The van der Waals surface area contributed by atoms with E-state index in [9.17, 15) is 20.2 Å². The third-order valence-corrected chi connectivity index (χ3v) is 3.40. The molecule has 2 rings (SSSR count). The summed E-state index contributed by atoms with van der Waals surface area (Å²) < 4.78 is 0. The SMILES string of the molecule is Cc1cc([N+](=O)[O-])ccc1NCNc1ccc([N+](=O)[O-])cc1C. The first-order valence-electron chi connectivity index (χ1n) is 6.86. The maximum Gasteiger partial charge on any atom is 0.269 e. The maximum atomic E-state index is 10.7. The second-order valence-corrected chi connectivity index (χ2v) is 5.04. The van der Waals surface area contributed by atoms with Crippen LogP contribution >= 0.6 is 0 Å². The molecule has 2 aromatic rings.